The van der Waals surface area contributed by atoms with Gasteiger partial charge in [-0.3, -0.25) is 4.79 Å². The van der Waals surface area contributed by atoms with Crippen LogP contribution in [-0.4, -0.2) is 23.5 Å². The lowest BCUT2D eigenvalue weighted by Gasteiger charge is -2.23. The van der Waals surface area contributed by atoms with E-state index in [1.54, 1.807) is 0 Å². The van der Waals surface area contributed by atoms with Crippen LogP contribution in [0.3, 0.4) is 0 Å². The molecule has 0 aliphatic carbocycles. The van der Waals surface area contributed by atoms with E-state index in [9.17, 15) is 4.79 Å². The highest BCUT2D eigenvalue weighted by molar-refractivity contribution is 5.82. The summed E-state index contributed by atoms with van der Waals surface area (Å²) >= 11 is 0. The Bertz CT molecular complexity index is 551. The van der Waals surface area contributed by atoms with Crippen LogP contribution in [0, 0.1) is 0 Å². The number of carbonyl (C=O) groups is 1. The molecule has 1 aromatic heterocycles. The number of amides is 1. The van der Waals surface area contributed by atoms with Crippen molar-refractivity contribution in [3.05, 3.63) is 36.0 Å². The lowest BCUT2D eigenvalue weighted by Crippen LogP contribution is -2.45. The second-order valence-corrected chi connectivity index (χ2v) is 4.78. The number of rotatable bonds is 3. The average molecular weight is 243 g/mol. The number of nitrogens with one attached hydrogen (secondary N) is 3. The SMILES string of the molecule is O=C1CCC(NCc2cccc3[nH]ccc23)CN1. The topological polar surface area (TPSA) is 56.9 Å². The van der Waals surface area contributed by atoms with E-state index in [0.717, 1.165) is 19.5 Å². The Hall–Kier alpha value is -1.81. The van der Waals surface area contributed by atoms with Crippen LogP contribution < -0.4 is 10.6 Å². The molecule has 1 atom stereocenters. The first-order valence-corrected chi connectivity index (χ1v) is 6.38. The van der Waals surface area contributed by atoms with Crippen molar-refractivity contribution in [3.8, 4) is 0 Å². The Labute approximate surface area is 106 Å². The third-order valence-electron chi connectivity index (χ3n) is 3.53. The predicted molar refractivity (Wildman–Crippen MR) is 71.2 cm³/mol. The molecule has 1 aliphatic rings. The van der Waals surface area contributed by atoms with Crippen LogP contribution in [0.15, 0.2) is 30.5 Å². The van der Waals surface area contributed by atoms with E-state index in [4.69, 9.17) is 0 Å². The molecule has 3 rings (SSSR count). The molecule has 4 nitrogen and oxygen atoms in total. The summed E-state index contributed by atoms with van der Waals surface area (Å²) in [6.45, 7) is 1.58. The maximum Gasteiger partial charge on any atom is 0.220 e. The third-order valence-corrected chi connectivity index (χ3v) is 3.53. The summed E-state index contributed by atoms with van der Waals surface area (Å²) in [6.07, 6.45) is 3.52. The van der Waals surface area contributed by atoms with Gasteiger partial charge in [0, 0.05) is 42.7 Å². The van der Waals surface area contributed by atoms with E-state index in [-0.39, 0.29) is 5.91 Å². The molecule has 3 N–H and O–H groups in total. The Morgan fingerprint density at radius 2 is 2.28 bits per heavy atom. The van der Waals surface area contributed by atoms with Gasteiger partial charge in [0.05, 0.1) is 0 Å². The van der Waals surface area contributed by atoms with Crippen molar-refractivity contribution in [2.75, 3.05) is 6.54 Å². The van der Waals surface area contributed by atoms with Gasteiger partial charge in [0.2, 0.25) is 5.91 Å². The normalized spacial score (nSPS) is 20.0. The average Bonchev–Trinajstić information content (AvgIpc) is 2.87. The van der Waals surface area contributed by atoms with Crippen molar-refractivity contribution in [1.29, 1.82) is 0 Å². The standard InChI is InChI=1S/C14H17N3O/c18-14-5-4-11(9-17-14)16-8-10-2-1-3-13-12(10)6-7-15-13/h1-3,6-7,11,15-16H,4-5,8-9H2,(H,17,18). The maximum atomic E-state index is 11.1. The van der Waals surface area contributed by atoms with Gasteiger partial charge in [0.25, 0.3) is 0 Å². The number of H-pyrrole nitrogens is 1. The fourth-order valence-electron chi connectivity index (χ4n) is 2.47. The van der Waals surface area contributed by atoms with Crippen LogP contribution in [0.25, 0.3) is 10.9 Å². The first-order chi connectivity index (χ1) is 8.83. The molecule has 1 saturated heterocycles. The van der Waals surface area contributed by atoms with Gasteiger partial charge in [0.15, 0.2) is 0 Å². The molecule has 18 heavy (non-hydrogen) atoms. The molecular weight excluding hydrogens is 226 g/mol. The van der Waals surface area contributed by atoms with Gasteiger partial charge in [-0.1, -0.05) is 12.1 Å². The molecule has 1 aliphatic heterocycles. The zero-order valence-corrected chi connectivity index (χ0v) is 10.2. The highest BCUT2D eigenvalue weighted by atomic mass is 16.1. The summed E-state index contributed by atoms with van der Waals surface area (Å²) in [5.41, 5.74) is 2.47. The number of aromatic amines is 1. The zero-order chi connectivity index (χ0) is 12.4. The molecule has 0 spiro atoms. The van der Waals surface area contributed by atoms with Gasteiger partial charge in [-0.05, 0) is 24.1 Å². The number of piperidine rings is 1. The number of carbonyl (C=O) groups excluding carboxylic acids is 1. The van der Waals surface area contributed by atoms with Crippen molar-refractivity contribution in [3.63, 3.8) is 0 Å². The Morgan fingerprint density at radius 3 is 3.11 bits per heavy atom. The number of fused-ring (bicyclic) bond motifs is 1. The van der Waals surface area contributed by atoms with Crippen LogP contribution in [-0.2, 0) is 11.3 Å². The van der Waals surface area contributed by atoms with Crippen molar-refractivity contribution in [2.45, 2.75) is 25.4 Å². The molecule has 1 amide bonds. The van der Waals surface area contributed by atoms with Crippen LogP contribution in [0.4, 0.5) is 0 Å². The fraction of sp³-hybridized carbons (Fsp3) is 0.357. The van der Waals surface area contributed by atoms with Crippen LogP contribution in [0.5, 0.6) is 0 Å². The Balaban J connectivity index is 1.66. The molecule has 4 heteroatoms. The van der Waals surface area contributed by atoms with E-state index < -0.39 is 0 Å². The van der Waals surface area contributed by atoms with E-state index in [2.05, 4.69) is 39.9 Å². The van der Waals surface area contributed by atoms with E-state index in [1.807, 2.05) is 6.20 Å². The first kappa shape index (κ1) is 11.3. The number of hydrogen-bond donors (Lipinski definition) is 3. The molecule has 0 saturated carbocycles. The monoisotopic (exact) mass is 243 g/mol. The molecule has 2 aromatic rings. The van der Waals surface area contributed by atoms with Gasteiger partial charge in [-0.2, -0.15) is 0 Å². The van der Waals surface area contributed by atoms with E-state index >= 15 is 0 Å². The summed E-state index contributed by atoms with van der Waals surface area (Å²) in [7, 11) is 0. The lowest BCUT2D eigenvalue weighted by atomic mass is 10.1. The molecule has 1 unspecified atom stereocenters. The molecular formula is C14H17N3O. The molecule has 94 valence electrons. The maximum absolute atomic E-state index is 11.1. The largest absolute Gasteiger partial charge is 0.361 e. The van der Waals surface area contributed by atoms with Crippen molar-refractivity contribution < 1.29 is 4.79 Å². The van der Waals surface area contributed by atoms with Crippen LogP contribution >= 0.6 is 0 Å². The lowest BCUT2D eigenvalue weighted by molar-refractivity contribution is -0.122. The van der Waals surface area contributed by atoms with Gasteiger partial charge in [-0.15, -0.1) is 0 Å². The molecule has 0 bridgehead atoms. The summed E-state index contributed by atoms with van der Waals surface area (Å²) in [5, 5.41) is 7.67. The minimum absolute atomic E-state index is 0.167. The van der Waals surface area contributed by atoms with Gasteiger partial charge >= 0.3 is 0 Å². The van der Waals surface area contributed by atoms with E-state index in [0.29, 0.717) is 12.5 Å². The van der Waals surface area contributed by atoms with Gasteiger partial charge in [-0.25, -0.2) is 0 Å². The highest BCUT2D eigenvalue weighted by Crippen LogP contribution is 2.17. The minimum Gasteiger partial charge on any atom is -0.361 e. The number of aromatic nitrogens is 1. The van der Waals surface area contributed by atoms with Crippen LogP contribution in [0.2, 0.25) is 0 Å². The fourth-order valence-corrected chi connectivity index (χ4v) is 2.47. The number of benzene rings is 1. The van der Waals surface area contributed by atoms with E-state index in [1.165, 1.54) is 16.5 Å². The smallest absolute Gasteiger partial charge is 0.220 e. The van der Waals surface area contributed by atoms with Gasteiger partial charge in [0.1, 0.15) is 0 Å². The minimum atomic E-state index is 0.167. The molecule has 2 heterocycles. The quantitative estimate of drug-likeness (QED) is 0.766. The Kier molecular flexibility index (Phi) is 3.02. The first-order valence-electron chi connectivity index (χ1n) is 6.38. The number of hydrogen-bond acceptors (Lipinski definition) is 2. The van der Waals surface area contributed by atoms with Crippen molar-refractivity contribution in [1.82, 2.24) is 15.6 Å². The van der Waals surface area contributed by atoms with Gasteiger partial charge < -0.3 is 15.6 Å². The molecule has 1 fully saturated rings. The summed E-state index contributed by atoms with van der Waals surface area (Å²) in [5.74, 6) is 0.167. The molecule has 1 aromatic carbocycles. The third kappa shape index (κ3) is 2.24. The second-order valence-electron chi connectivity index (χ2n) is 4.78. The van der Waals surface area contributed by atoms with Crippen LogP contribution in [0.1, 0.15) is 18.4 Å². The summed E-state index contributed by atoms with van der Waals surface area (Å²) in [6, 6.07) is 8.79. The Morgan fingerprint density at radius 1 is 1.33 bits per heavy atom. The van der Waals surface area contributed by atoms with Crippen molar-refractivity contribution >= 4 is 16.8 Å². The molecule has 0 radical (unpaired) electrons. The summed E-state index contributed by atoms with van der Waals surface area (Å²) in [4.78, 5) is 14.3. The summed E-state index contributed by atoms with van der Waals surface area (Å²) < 4.78 is 0. The predicted octanol–water partition coefficient (Wildman–Crippen LogP) is 1.54. The van der Waals surface area contributed by atoms with Crippen molar-refractivity contribution in [2.24, 2.45) is 0 Å². The second kappa shape index (κ2) is 4.82. The highest BCUT2D eigenvalue weighted by Gasteiger charge is 2.17. The zero-order valence-electron chi connectivity index (χ0n) is 10.2.